The Morgan fingerprint density at radius 3 is 2.95 bits per heavy atom. The molecule has 0 atom stereocenters. The fraction of sp³-hybridized carbons (Fsp3) is 0.308. The average molecular weight is 274 g/mol. The van der Waals surface area contributed by atoms with Crippen molar-refractivity contribution in [2.45, 2.75) is 19.9 Å². The van der Waals surface area contributed by atoms with Gasteiger partial charge >= 0.3 is 0 Å². The molecular weight excluding hydrogens is 256 g/mol. The van der Waals surface area contributed by atoms with Crippen LogP contribution in [0.25, 0.3) is 0 Å². The second-order valence-electron chi connectivity index (χ2n) is 4.36. The number of nitrogens with one attached hydrogen (secondary N) is 2. The normalized spacial score (nSPS) is 10.3. The van der Waals surface area contributed by atoms with Crippen molar-refractivity contribution < 1.29 is 4.79 Å². The van der Waals surface area contributed by atoms with E-state index in [9.17, 15) is 4.79 Å². The number of rotatable bonds is 5. The number of nitrogen functional groups attached to an aromatic ring is 1. The Morgan fingerprint density at radius 2 is 2.25 bits per heavy atom. The van der Waals surface area contributed by atoms with Gasteiger partial charge in [-0.05, 0) is 18.6 Å². The van der Waals surface area contributed by atoms with Crippen LogP contribution in [0.15, 0.2) is 24.4 Å². The second kappa shape index (κ2) is 6.16. The Morgan fingerprint density at radius 1 is 1.45 bits per heavy atom. The van der Waals surface area contributed by atoms with Crippen LogP contribution >= 0.6 is 0 Å². The van der Waals surface area contributed by atoms with Crippen molar-refractivity contribution in [2.75, 3.05) is 5.43 Å². The van der Waals surface area contributed by atoms with Gasteiger partial charge in [0, 0.05) is 25.4 Å². The highest BCUT2D eigenvalue weighted by molar-refractivity contribution is 5.92. The maximum absolute atomic E-state index is 12.0. The summed E-state index contributed by atoms with van der Waals surface area (Å²) in [4.78, 5) is 16.1. The van der Waals surface area contributed by atoms with Crippen molar-refractivity contribution in [2.24, 2.45) is 12.9 Å². The maximum Gasteiger partial charge on any atom is 0.270 e. The number of hydrazine groups is 1. The maximum atomic E-state index is 12.0. The molecule has 0 spiro atoms. The molecule has 0 saturated carbocycles. The predicted octanol–water partition coefficient (Wildman–Crippen LogP) is 0.593. The smallest absolute Gasteiger partial charge is 0.270 e. The van der Waals surface area contributed by atoms with Gasteiger partial charge in [-0.2, -0.15) is 5.10 Å². The summed E-state index contributed by atoms with van der Waals surface area (Å²) < 4.78 is 1.75. The van der Waals surface area contributed by atoms with Crippen molar-refractivity contribution in [1.29, 1.82) is 0 Å². The second-order valence-corrected chi connectivity index (χ2v) is 4.36. The first-order valence-electron chi connectivity index (χ1n) is 6.37. The van der Waals surface area contributed by atoms with E-state index in [1.807, 2.05) is 20.2 Å². The van der Waals surface area contributed by atoms with Gasteiger partial charge in [0.2, 0.25) is 0 Å². The highest BCUT2D eigenvalue weighted by Gasteiger charge is 2.10. The van der Waals surface area contributed by atoms with Crippen LogP contribution < -0.4 is 16.6 Å². The number of hydrogen-bond acceptors (Lipinski definition) is 5. The summed E-state index contributed by atoms with van der Waals surface area (Å²) in [5.41, 5.74) is 4.73. The summed E-state index contributed by atoms with van der Waals surface area (Å²) in [7, 11) is 1.86. The Balaban J connectivity index is 2.04. The van der Waals surface area contributed by atoms with E-state index in [0.29, 0.717) is 18.1 Å². The Kier molecular flexibility index (Phi) is 4.31. The third kappa shape index (κ3) is 3.12. The summed E-state index contributed by atoms with van der Waals surface area (Å²) in [6, 6.07) is 5.05. The molecule has 0 aromatic carbocycles. The lowest BCUT2D eigenvalue weighted by Crippen LogP contribution is -2.24. The van der Waals surface area contributed by atoms with E-state index in [0.717, 1.165) is 17.7 Å². The molecule has 0 saturated heterocycles. The number of pyridine rings is 1. The lowest BCUT2D eigenvalue weighted by molar-refractivity contribution is 0.0946. The molecule has 0 bridgehead atoms. The molecule has 2 heterocycles. The first-order chi connectivity index (χ1) is 9.63. The number of carbonyl (C=O) groups is 1. The molecule has 0 radical (unpaired) electrons. The number of hydrogen-bond donors (Lipinski definition) is 3. The fourth-order valence-electron chi connectivity index (χ4n) is 1.94. The van der Waals surface area contributed by atoms with Crippen molar-refractivity contribution in [1.82, 2.24) is 20.1 Å². The lowest BCUT2D eigenvalue weighted by Gasteiger charge is -2.05. The molecule has 0 aliphatic heterocycles. The third-order valence-electron chi connectivity index (χ3n) is 2.90. The predicted molar refractivity (Wildman–Crippen MR) is 75.8 cm³/mol. The van der Waals surface area contributed by atoms with Gasteiger partial charge in [-0.3, -0.25) is 9.48 Å². The molecule has 4 N–H and O–H groups in total. The summed E-state index contributed by atoms with van der Waals surface area (Å²) in [6.45, 7) is 2.46. The largest absolute Gasteiger partial charge is 0.346 e. The van der Waals surface area contributed by atoms with Crippen molar-refractivity contribution >= 4 is 11.7 Å². The van der Waals surface area contributed by atoms with Gasteiger partial charge in [-0.1, -0.05) is 13.0 Å². The molecule has 106 valence electrons. The molecule has 0 aliphatic rings. The Labute approximate surface area is 117 Å². The van der Waals surface area contributed by atoms with Crippen molar-refractivity contribution in [3.05, 3.63) is 41.3 Å². The van der Waals surface area contributed by atoms with Crippen LogP contribution in [0.4, 0.5) is 5.82 Å². The minimum atomic E-state index is -0.243. The number of nitrogens with two attached hydrogens (primary N) is 1. The zero-order valence-electron chi connectivity index (χ0n) is 11.6. The van der Waals surface area contributed by atoms with E-state index in [1.165, 1.54) is 0 Å². The standard InChI is InChI=1S/C13H18N6O/c1-3-10-9(8-19(2)18-10)7-15-13(20)11-5-4-6-12(16-11)17-14/h4-6,8H,3,7,14H2,1-2H3,(H,15,20)(H,16,17). The monoisotopic (exact) mass is 274 g/mol. The van der Waals surface area contributed by atoms with Crippen LogP contribution in [0.3, 0.4) is 0 Å². The van der Waals surface area contributed by atoms with Gasteiger partial charge in [0.05, 0.1) is 5.69 Å². The highest BCUT2D eigenvalue weighted by atomic mass is 16.1. The van der Waals surface area contributed by atoms with Gasteiger partial charge in [0.1, 0.15) is 11.5 Å². The van der Waals surface area contributed by atoms with E-state index < -0.39 is 0 Å². The van der Waals surface area contributed by atoms with Crippen LogP contribution in [0.1, 0.15) is 28.7 Å². The Bertz CT molecular complexity index is 607. The Hall–Kier alpha value is -2.41. The highest BCUT2D eigenvalue weighted by Crippen LogP contribution is 2.08. The average Bonchev–Trinajstić information content (AvgIpc) is 2.85. The van der Waals surface area contributed by atoms with E-state index in [2.05, 4.69) is 20.8 Å². The minimum absolute atomic E-state index is 0.243. The quantitative estimate of drug-likeness (QED) is 0.547. The van der Waals surface area contributed by atoms with E-state index >= 15 is 0 Å². The fourth-order valence-corrected chi connectivity index (χ4v) is 1.94. The van der Waals surface area contributed by atoms with Gasteiger partial charge < -0.3 is 10.7 Å². The number of aryl methyl sites for hydroxylation is 2. The topological polar surface area (TPSA) is 97.9 Å². The first kappa shape index (κ1) is 14.0. The van der Waals surface area contributed by atoms with Crippen LogP contribution in [0.5, 0.6) is 0 Å². The van der Waals surface area contributed by atoms with E-state index in [1.54, 1.807) is 22.9 Å². The number of anilines is 1. The van der Waals surface area contributed by atoms with E-state index in [-0.39, 0.29) is 5.91 Å². The molecule has 1 amide bonds. The van der Waals surface area contributed by atoms with Gasteiger partial charge in [-0.25, -0.2) is 10.8 Å². The van der Waals surface area contributed by atoms with Crippen LogP contribution in [0.2, 0.25) is 0 Å². The first-order valence-corrected chi connectivity index (χ1v) is 6.37. The molecule has 0 fully saturated rings. The van der Waals surface area contributed by atoms with Gasteiger partial charge in [0.15, 0.2) is 0 Å². The number of nitrogens with zero attached hydrogens (tertiary/aromatic N) is 3. The summed E-state index contributed by atoms with van der Waals surface area (Å²) in [5.74, 6) is 5.48. The summed E-state index contributed by atoms with van der Waals surface area (Å²) >= 11 is 0. The number of aromatic nitrogens is 3. The van der Waals surface area contributed by atoms with E-state index in [4.69, 9.17) is 5.84 Å². The van der Waals surface area contributed by atoms with Crippen LogP contribution in [0, 0.1) is 0 Å². The third-order valence-corrected chi connectivity index (χ3v) is 2.90. The van der Waals surface area contributed by atoms with Crippen molar-refractivity contribution in [3.63, 3.8) is 0 Å². The molecule has 0 unspecified atom stereocenters. The summed E-state index contributed by atoms with van der Waals surface area (Å²) in [6.07, 6.45) is 2.74. The van der Waals surface area contributed by atoms with Crippen LogP contribution in [-0.4, -0.2) is 20.7 Å². The molecular formula is C13H18N6O. The minimum Gasteiger partial charge on any atom is -0.346 e. The summed E-state index contributed by atoms with van der Waals surface area (Å²) in [5, 5.41) is 7.16. The van der Waals surface area contributed by atoms with Gasteiger partial charge in [-0.15, -0.1) is 0 Å². The molecule has 2 rings (SSSR count). The van der Waals surface area contributed by atoms with Gasteiger partial charge in [0.25, 0.3) is 5.91 Å². The van der Waals surface area contributed by atoms with Crippen molar-refractivity contribution in [3.8, 4) is 0 Å². The lowest BCUT2D eigenvalue weighted by atomic mass is 10.2. The SMILES string of the molecule is CCc1nn(C)cc1CNC(=O)c1cccc(NN)n1. The molecule has 7 nitrogen and oxygen atoms in total. The molecule has 7 heteroatoms. The molecule has 2 aromatic rings. The molecule has 0 aliphatic carbocycles. The zero-order valence-corrected chi connectivity index (χ0v) is 11.6. The zero-order chi connectivity index (χ0) is 14.5. The molecule has 20 heavy (non-hydrogen) atoms. The number of carbonyl (C=O) groups excluding carboxylic acids is 1. The van der Waals surface area contributed by atoms with Crippen LogP contribution in [-0.2, 0) is 20.0 Å². The number of amides is 1. The molecule has 2 aromatic heterocycles.